The van der Waals surface area contributed by atoms with Crippen LogP contribution in [0.2, 0.25) is 0 Å². The van der Waals surface area contributed by atoms with E-state index in [0.717, 1.165) is 11.3 Å². The lowest BCUT2D eigenvalue weighted by Crippen LogP contribution is -2.40. The number of allylic oxidation sites excluding steroid dienone is 1. The van der Waals surface area contributed by atoms with E-state index in [0.29, 0.717) is 47.9 Å². The Bertz CT molecular complexity index is 1900. The molecule has 0 saturated heterocycles. The standard InChI is InChI=1S/C32H33BrN2O11S/c1-7-43-23-11-18(9-10-21(23)45-15-26(36)41-5)29-28(31(39)44-8-2)17(3)34-32-35(29)30(38)25(47-32)13-19-12-22(40-4)24(14-20(19)33)46-16-27(37)42-6/h9-14,29H,7-8,15-16H2,1-6H3/b25-13-/t29-/m1/s1. The van der Waals surface area contributed by atoms with E-state index >= 15 is 0 Å². The molecule has 0 fully saturated rings. The molecule has 1 aliphatic rings. The molecule has 15 heteroatoms. The first-order valence-corrected chi connectivity index (χ1v) is 15.9. The van der Waals surface area contributed by atoms with Gasteiger partial charge >= 0.3 is 17.9 Å². The zero-order valence-electron chi connectivity index (χ0n) is 26.5. The lowest BCUT2D eigenvalue weighted by Gasteiger charge is -2.25. The van der Waals surface area contributed by atoms with E-state index in [4.69, 9.17) is 23.7 Å². The van der Waals surface area contributed by atoms with Gasteiger partial charge in [0, 0.05) is 4.47 Å². The molecule has 2 heterocycles. The van der Waals surface area contributed by atoms with Crippen molar-refractivity contribution in [3.63, 3.8) is 0 Å². The SMILES string of the molecule is CCOC(=O)C1=C(C)N=c2s/c(=C\c3cc(OC)c(OCC(=O)OC)cc3Br)c(=O)n2[C@@H]1c1ccc(OCC(=O)OC)c(OCC)c1. The van der Waals surface area contributed by atoms with Gasteiger partial charge in [0.2, 0.25) is 0 Å². The van der Waals surface area contributed by atoms with Crippen molar-refractivity contribution < 1.29 is 47.5 Å². The maximum Gasteiger partial charge on any atom is 0.343 e. The van der Waals surface area contributed by atoms with Crippen LogP contribution in [-0.2, 0) is 28.6 Å². The maximum absolute atomic E-state index is 14.1. The smallest absolute Gasteiger partial charge is 0.343 e. The van der Waals surface area contributed by atoms with Gasteiger partial charge in [-0.3, -0.25) is 9.36 Å². The minimum atomic E-state index is -0.923. The Morgan fingerprint density at radius 1 is 0.915 bits per heavy atom. The van der Waals surface area contributed by atoms with Crippen molar-refractivity contribution in [1.29, 1.82) is 0 Å². The van der Waals surface area contributed by atoms with Crippen LogP contribution in [0.3, 0.4) is 0 Å². The minimum Gasteiger partial charge on any atom is -0.493 e. The lowest BCUT2D eigenvalue weighted by molar-refractivity contribution is -0.143. The fraction of sp³-hybridized carbons (Fsp3) is 0.344. The van der Waals surface area contributed by atoms with Gasteiger partial charge in [0.05, 0.1) is 56.4 Å². The minimum absolute atomic E-state index is 0.118. The van der Waals surface area contributed by atoms with Crippen molar-refractivity contribution in [1.82, 2.24) is 4.57 Å². The third-order valence-corrected chi connectivity index (χ3v) is 8.49. The van der Waals surface area contributed by atoms with E-state index in [9.17, 15) is 19.2 Å². The van der Waals surface area contributed by atoms with Crippen molar-refractivity contribution in [2.75, 3.05) is 47.8 Å². The molecule has 0 aliphatic carbocycles. The molecular formula is C32H33BrN2O11S. The van der Waals surface area contributed by atoms with Gasteiger partial charge in [0.1, 0.15) is 0 Å². The Morgan fingerprint density at radius 2 is 1.57 bits per heavy atom. The fourth-order valence-corrected chi connectivity index (χ4v) is 6.13. The van der Waals surface area contributed by atoms with E-state index in [2.05, 4.69) is 30.4 Å². The number of methoxy groups -OCH3 is 3. The van der Waals surface area contributed by atoms with Crippen molar-refractivity contribution in [2.45, 2.75) is 26.8 Å². The number of halogens is 1. The van der Waals surface area contributed by atoms with Gasteiger partial charge in [-0.15, -0.1) is 0 Å². The number of carbonyl (C=O) groups excluding carboxylic acids is 3. The summed E-state index contributed by atoms with van der Waals surface area (Å²) < 4.78 is 39.4. The molecule has 13 nitrogen and oxygen atoms in total. The van der Waals surface area contributed by atoms with E-state index in [1.54, 1.807) is 57.2 Å². The molecule has 0 spiro atoms. The Kier molecular flexibility index (Phi) is 11.8. The van der Waals surface area contributed by atoms with E-state index in [-0.39, 0.29) is 37.8 Å². The zero-order chi connectivity index (χ0) is 34.2. The van der Waals surface area contributed by atoms with Gasteiger partial charge in [0.25, 0.3) is 5.56 Å². The molecule has 0 saturated carbocycles. The summed E-state index contributed by atoms with van der Waals surface area (Å²) in [6.07, 6.45) is 1.66. The molecular weight excluding hydrogens is 700 g/mol. The van der Waals surface area contributed by atoms with Crippen LogP contribution in [0.25, 0.3) is 6.08 Å². The van der Waals surface area contributed by atoms with Crippen molar-refractivity contribution in [3.8, 4) is 23.0 Å². The normalized spacial score (nSPS) is 14.1. The lowest BCUT2D eigenvalue weighted by atomic mass is 9.95. The van der Waals surface area contributed by atoms with Gasteiger partial charge in [-0.25, -0.2) is 19.4 Å². The second-order valence-corrected chi connectivity index (χ2v) is 11.6. The summed E-state index contributed by atoms with van der Waals surface area (Å²) in [5.41, 5.74) is 1.28. The Morgan fingerprint density at radius 3 is 2.19 bits per heavy atom. The average Bonchev–Trinajstić information content (AvgIpc) is 3.36. The van der Waals surface area contributed by atoms with Crippen molar-refractivity contribution >= 4 is 51.3 Å². The summed E-state index contributed by atoms with van der Waals surface area (Å²) in [6.45, 7) is 4.91. The van der Waals surface area contributed by atoms with Crippen LogP contribution in [0.15, 0.2) is 55.9 Å². The molecule has 0 unspecified atom stereocenters. The third-order valence-electron chi connectivity index (χ3n) is 6.82. The second-order valence-electron chi connectivity index (χ2n) is 9.70. The molecule has 0 amide bonds. The Balaban J connectivity index is 1.87. The molecule has 0 bridgehead atoms. The number of rotatable bonds is 13. The highest BCUT2D eigenvalue weighted by Crippen LogP contribution is 2.37. The predicted octanol–water partition coefficient (Wildman–Crippen LogP) is 3.07. The number of hydrogen-bond acceptors (Lipinski definition) is 13. The molecule has 2 aromatic carbocycles. The summed E-state index contributed by atoms with van der Waals surface area (Å²) in [4.78, 5) is 55.7. The highest BCUT2D eigenvalue weighted by Gasteiger charge is 2.34. The molecule has 0 radical (unpaired) electrons. The summed E-state index contributed by atoms with van der Waals surface area (Å²) in [6, 6.07) is 7.30. The number of aromatic nitrogens is 1. The predicted molar refractivity (Wildman–Crippen MR) is 174 cm³/mol. The fourth-order valence-electron chi connectivity index (χ4n) is 4.66. The Labute approximate surface area is 282 Å². The van der Waals surface area contributed by atoms with E-state index in [1.807, 2.05) is 0 Å². The number of thiazole rings is 1. The number of benzene rings is 2. The first kappa shape index (κ1) is 35.2. The average molecular weight is 734 g/mol. The third kappa shape index (κ3) is 7.85. The summed E-state index contributed by atoms with van der Waals surface area (Å²) in [5.74, 6) is -0.540. The van der Waals surface area contributed by atoms with E-state index < -0.39 is 29.5 Å². The number of fused-ring (bicyclic) bond motifs is 1. The molecule has 3 aromatic rings. The molecule has 250 valence electrons. The van der Waals surface area contributed by atoms with Crippen molar-refractivity contribution in [2.24, 2.45) is 4.99 Å². The molecule has 47 heavy (non-hydrogen) atoms. The first-order valence-electron chi connectivity index (χ1n) is 14.3. The van der Waals surface area contributed by atoms with Crippen LogP contribution in [0, 0.1) is 0 Å². The van der Waals surface area contributed by atoms with Crippen LogP contribution in [-0.4, -0.2) is 70.2 Å². The Hall–Kier alpha value is -4.63. The van der Waals surface area contributed by atoms with Gasteiger partial charge in [-0.05, 0) is 62.2 Å². The quantitative estimate of drug-likeness (QED) is 0.189. The van der Waals surface area contributed by atoms with Gasteiger partial charge in [-0.1, -0.05) is 33.3 Å². The molecule has 1 atom stereocenters. The molecule has 0 N–H and O–H groups in total. The first-order chi connectivity index (χ1) is 22.6. The highest BCUT2D eigenvalue weighted by molar-refractivity contribution is 9.10. The summed E-state index contributed by atoms with van der Waals surface area (Å²) >= 11 is 4.65. The van der Waals surface area contributed by atoms with Crippen LogP contribution in [0.5, 0.6) is 23.0 Å². The second kappa shape index (κ2) is 15.8. The van der Waals surface area contributed by atoms with Crippen LogP contribution in [0.1, 0.15) is 37.9 Å². The van der Waals surface area contributed by atoms with E-state index in [1.165, 1.54) is 25.9 Å². The summed E-state index contributed by atoms with van der Waals surface area (Å²) in [5, 5.41) is 0. The highest BCUT2D eigenvalue weighted by atomic mass is 79.9. The monoisotopic (exact) mass is 732 g/mol. The van der Waals surface area contributed by atoms with Gasteiger partial charge in [-0.2, -0.15) is 0 Å². The topological polar surface area (TPSA) is 150 Å². The number of carbonyl (C=O) groups is 3. The van der Waals surface area contributed by atoms with Crippen LogP contribution in [0.4, 0.5) is 0 Å². The van der Waals surface area contributed by atoms with Crippen LogP contribution >= 0.6 is 27.3 Å². The largest absolute Gasteiger partial charge is 0.493 e. The van der Waals surface area contributed by atoms with Gasteiger partial charge < -0.3 is 33.2 Å². The maximum atomic E-state index is 14.1. The number of esters is 3. The number of hydrogen-bond donors (Lipinski definition) is 0. The molecule has 1 aliphatic heterocycles. The van der Waals surface area contributed by atoms with Crippen LogP contribution < -0.4 is 33.8 Å². The molecule has 4 rings (SSSR count). The number of nitrogens with zero attached hydrogens (tertiary/aromatic N) is 2. The van der Waals surface area contributed by atoms with Gasteiger partial charge in [0.15, 0.2) is 41.0 Å². The molecule has 1 aromatic heterocycles. The summed E-state index contributed by atoms with van der Waals surface area (Å²) in [7, 11) is 3.97. The number of ether oxygens (including phenoxy) is 7. The van der Waals surface area contributed by atoms with Crippen molar-refractivity contribution in [3.05, 3.63) is 76.9 Å². The zero-order valence-corrected chi connectivity index (χ0v) is 28.9.